The number of hydrogen-bond donors (Lipinski definition) is 1. The maximum atomic E-state index is 13.0. The van der Waals surface area contributed by atoms with E-state index in [1.54, 1.807) is 12.0 Å². The minimum Gasteiger partial charge on any atom is -0.443 e. The maximum absolute atomic E-state index is 13.0. The van der Waals surface area contributed by atoms with Crippen molar-refractivity contribution in [2.24, 2.45) is 56.7 Å². The van der Waals surface area contributed by atoms with Crippen LogP contribution in [0.3, 0.4) is 0 Å². The van der Waals surface area contributed by atoms with Gasteiger partial charge in [0.1, 0.15) is 6.10 Å². The zero-order valence-electron chi connectivity index (χ0n) is 35.3. The second kappa shape index (κ2) is 14.4. The second-order valence-electron chi connectivity index (χ2n) is 21.0. The average Bonchev–Trinajstić information content (AvgIpc) is 3.74. The molecule has 308 valence electrons. The molecule has 0 radical (unpaired) electrons. The molecule has 0 aromatic heterocycles. The van der Waals surface area contributed by atoms with Crippen molar-refractivity contribution < 1.29 is 33.6 Å². The summed E-state index contributed by atoms with van der Waals surface area (Å²) in [5.74, 6) is 1.95. The molecular formula is C44H75N3O7. The molecule has 0 bridgehead atoms. The van der Waals surface area contributed by atoms with E-state index in [0.717, 1.165) is 84.7 Å². The van der Waals surface area contributed by atoms with Crippen LogP contribution < -0.4 is 0 Å². The highest BCUT2D eigenvalue weighted by Gasteiger charge is 2.84. The lowest BCUT2D eigenvalue weighted by Crippen LogP contribution is -2.60. The molecule has 10 nitrogen and oxygen atoms in total. The highest BCUT2D eigenvalue weighted by Crippen LogP contribution is 2.89. The van der Waals surface area contributed by atoms with Gasteiger partial charge in [-0.05, 0) is 116 Å². The zero-order chi connectivity index (χ0) is 38.4. The van der Waals surface area contributed by atoms with Gasteiger partial charge in [-0.3, -0.25) is 4.90 Å². The molecular weight excluding hydrogens is 682 g/mol. The summed E-state index contributed by atoms with van der Waals surface area (Å²) in [5.41, 5.74) is 0.491. The quantitative estimate of drug-likeness (QED) is 0.261. The Bertz CT molecular complexity index is 1380. The lowest BCUT2D eigenvalue weighted by molar-refractivity contribution is -0.249. The SMILES string of the molecule is COCCN(C)CCN1CCO[C@@H](O[C@H]2CC[C@]34CC35CC[C@]3(C)[C@@H]6C(OC([C@H](OC(=O)N7CCC7)C(C)C)C[C@H]6C)[C@H](O)[C@@]3(C)C5CC[C@H]4C2(C)C)C1. The highest BCUT2D eigenvalue weighted by atomic mass is 16.7. The number of likely N-dealkylation sites (N-methyl/N-ethyl adjacent to an activating group) is 1. The van der Waals surface area contributed by atoms with Gasteiger partial charge >= 0.3 is 6.09 Å². The molecule has 0 aromatic rings. The summed E-state index contributed by atoms with van der Waals surface area (Å²) >= 11 is 0. The van der Waals surface area contributed by atoms with Crippen molar-refractivity contribution in [2.75, 3.05) is 73.2 Å². The van der Waals surface area contributed by atoms with E-state index in [-0.39, 0.29) is 59.0 Å². The number of likely N-dealkylation sites (tertiary alicyclic amines) is 1. The first-order valence-electron chi connectivity index (χ1n) is 22.1. The Hall–Kier alpha value is -1.01. The number of morpholine rings is 1. The van der Waals surface area contributed by atoms with Gasteiger partial charge in [-0.15, -0.1) is 0 Å². The number of methoxy groups -OCH3 is 1. The standard InChI is InChI=1S/C44H75N3O7/c1-28(2)36(54-39(49)47-17-10-18-47)30-25-29(3)35-37(52-30)38(48)42(7)32-12-11-31-40(4,5)33(13-14-43(31)27-44(32,43)16-15-41(35,42)6)53-34-26-46(22-24-51-34)20-19-45(8)21-23-50-9/h28-38,48H,10-27H2,1-9H3/t29-,30?,31+,32?,33+,34+,35+,36-,37?,38+,41-,42-,43-,44?/m1/s1. The molecule has 10 heteroatoms. The molecule has 0 aromatic carbocycles. The topological polar surface area (TPSA) is 93.2 Å². The van der Waals surface area contributed by atoms with Crippen LogP contribution in [0, 0.1) is 56.7 Å². The van der Waals surface area contributed by atoms with Gasteiger partial charge in [0, 0.05) is 58.3 Å². The molecule has 1 amide bonds. The number of nitrogens with zero attached hydrogens (tertiary/aromatic N) is 3. The van der Waals surface area contributed by atoms with Crippen LogP contribution in [0.25, 0.3) is 0 Å². The number of ether oxygens (including phenoxy) is 5. The largest absolute Gasteiger partial charge is 0.443 e. The molecule has 3 aliphatic heterocycles. The highest BCUT2D eigenvalue weighted by molar-refractivity contribution is 5.68. The van der Waals surface area contributed by atoms with E-state index in [9.17, 15) is 9.90 Å². The summed E-state index contributed by atoms with van der Waals surface area (Å²) in [5, 5.41) is 12.8. The van der Waals surface area contributed by atoms with Gasteiger partial charge in [-0.25, -0.2) is 4.79 Å². The fraction of sp³-hybridized carbons (Fsp3) is 0.977. The summed E-state index contributed by atoms with van der Waals surface area (Å²) in [6.45, 7) is 24.5. The predicted molar refractivity (Wildman–Crippen MR) is 208 cm³/mol. The molecule has 2 spiro atoms. The van der Waals surface area contributed by atoms with E-state index < -0.39 is 6.10 Å². The number of carbonyl (C=O) groups excluding carboxylic acids is 1. The molecule has 5 aliphatic carbocycles. The Kier molecular flexibility index (Phi) is 10.6. The van der Waals surface area contributed by atoms with E-state index in [0.29, 0.717) is 34.5 Å². The molecule has 3 saturated heterocycles. The number of hydrogen-bond acceptors (Lipinski definition) is 9. The van der Waals surface area contributed by atoms with Crippen LogP contribution in [-0.4, -0.2) is 136 Å². The van der Waals surface area contributed by atoms with Crippen molar-refractivity contribution in [3.63, 3.8) is 0 Å². The summed E-state index contributed by atoms with van der Waals surface area (Å²) < 4.78 is 31.8. The third kappa shape index (κ3) is 5.98. The van der Waals surface area contributed by atoms with Crippen molar-refractivity contribution in [3.05, 3.63) is 0 Å². The van der Waals surface area contributed by atoms with E-state index in [1.165, 1.54) is 32.1 Å². The number of carbonyl (C=O) groups is 1. The third-order valence-corrected chi connectivity index (χ3v) is 18.0. The third-order valence-electron chi connectivity index (χ3n) is 18.0. The average molecular weight is 758 g/mol. The Labute approximate surface area is 326 Å². The van der Waals surface area contributed by atoms with Gasteiger partial charge in [-0.2, -0.15) is 0 Å². The number of aliphatic hydroxyl groups is 1. The fourth-order valence-corrected chi connectivity index (χ4v) is 14.9. The number of aliphatic hydroxyl groups excluding tert-OH is 1. The van der Waals surface area contributed by atoms with Gasteiger partial charge in [0.15, 0.2) is 6.29 Å². The smallest absolute Gasteiger partial charge is 0.410 e. The Morgan fingerprint density at radius 2 is 1.74 bits per heavy atom. The van der Waals surface area contributed by atoms with Crippen LogP contribution in [0.1, 0.15) is 106 Å². The molecule has 8 aliphatic rings. The second-order valence-corrected chi connectivity index (χ2v) is 21.0. The van der Waals surface area contributed by atoms with Crippen molar-refractivity contribution in [1.82, 2.24) is 14.7 Å². The lowest BCUT2D eigenvalue weighted by Gasteiger charge is -2.64. The Morgan fingerprint density at radius 3 is 2.44 bits per heavy atom. The van der Waals surface area contributed by atoms with E-state index in [1.807, 2.05) is 0 Å². The molecule has 14 atom stereocenters. The molecule has 5 saturated carbocycles. The van der Waals surface area contributed by atoms with Gasteiger partial charge in [0.25, 0.3) is 0 Å². The fourth-order valence-electron chi connectivity index (χ4n) is 14.9. The summed E-state index contributed by atoms with van der Waals surface area (Å²) in [4.78, 5) is 19.7. The van der Waals surface area contributed by atoms with Gasteiger partial charge in [0.2, 0.25) is 0 Å². The minimum absolute atomic E-state index is 0.00819. The van der Waals surface area contributed by atoms with Gasteiger partial charge in [0.05, 0.1) is 37.6 Å². The van der Waals surface area contributed by atoms with Crippen molar-refractivity contribution in [3.8, 4) is 0 Å². The van der Waals surface area contributed by atoms with Crippen LogP contribution in [0.2, 0.25) is 0 Å². The Morgan fingerprint density at radius 1 is 1.00 bits per heavy atom. The first-order chi connectivity index (χ1) is 25.6. The molecule has 8 fully saturated rings. The first kappa shape index (κ1) is 39.8. The van der Waals surface area contributed by atoms with Crippen molar-refractivity contribution in [1.29, 1.82) is 0 Å². The summed E-state index contributed by atoms with van der Waals surface area (Å²) in [6, 6.07) is 0. The summed E-state index contributed by atoms with van der Waals surface area (Å²) in [6.07, 6.45) is 8.95. The predicted octanol–water partition coefficient (Wildman–Crippen LogP) is 6.29. The number of rotatable bonds is 11. The van der Waals surface area contributed by atoms with Crippen molar-refractivity contribution >= 4 is 6.09 Å². The van der Waals surface area contributed by atoms with Crippen LogP contribution >= 0.6 is 0 Å². The molecule has 4 unspecified atom stereocenters. The normalized spacial score (nSPS) is 47.2. The Balaban J connectivity index is 0.957. The molecule has 3 heterocycles. The molecule has 8 rings (SSSR count). The van der Waals surface area contributed by atoms with Gasteiger partial charge in [-0.1, -0.05) is 48.5 Å². The first-order valence-corrected chi connectivity index (χ1v) is 22.1. The lowest BCUT2D eigenvalue weighted by atomic mass is 9.41. The van der Waals surface area contributed by atoms with Crippen LogP contribution in [0.15, 0.2) is 0 Å². The summed E-state index contributed by atoms with van der Waals surface area (Å²) in [7, 11) is 3.94. The van der Waals surface area contributed by atoms with Crippen LogP contribution in [0.5, 0.6) is 0 Å². The van der Waals surface area contributed by atoms with E-state index in [2.05, 4.69) is 65.3 Å². The monoisotopic (exact) mass is 758 g/mol. The minimum atomic E-state index is -0.521. The zero-order valence-corrected chi connectivity index (χ0v) is 35.3. The van der Waals surface area contributed by atoms with Crippen molar-refractivity contribution in [2.45, 2.75) is 143 Å². The number of fused-ring (bicyclic) bond motifs is 4. The maximum Gasteiger partial charge on any atom is 0.410 e. The van der Waals surface area contributed by atoms with Gasteiger partial charge < -0.3 is 38.6 Å². The van der Waals surface area contributed by atoms with E-state index in [4.69, 9.17) is 23.7 Å². The molecule has 1 N–H and O–H groups in total. The van der Waals surface area contributed by atoms with Crippen LogP contribution in [0.4, 0.5) is 4.79 Å². The van der Waals surface area contributed by atoms with E-state index >= 15 is 0 Å². The molecule has 54 heavy (non-hydrogen) atoms. The number of amides is 1. The van der Waals surface area contributed by atoms with Crippen LogP contribution in [-0.2, 0) is 23.7 Å².